The molecule has 144 valence electrons. The second-order valence-electron chi connectivity index (χ2n) is 6.91. The SMILES string of the molecule is Cc1ccccc1NC(=O)C(=O)c1cn(Cc2ccc(F)cc2)c2ccccc12. The molecule has 4 aromatic rings. The predicted octanol–water partition coefficient (Wildman–Crippen LogP) is 4.96. The number of benzene rings is 3. The van der Waals surface area contributed by atoms with E-state index in [1.54, 1.807) is 24.4 Å². The molecule has 1 amide bonds. The molecule has 0 aliphatic heterocycles. The highest BCUT2D eigenvalue weighted by Gasteiger charge is 2.22. The number of anilines is 1. The predicted molar refractivity (Wildman–Crippen MR) is 112 cm³/mol. The summed E-state index contributed by atoms with van der Waals surface area (Å²) in [6, 6.07) is 21.0. The van der Waals surface area contributed by atoms with Gasteiger partial charge in [-0.1, -0.05) is 48.5 Å². The average Bonchev–Trinajstić information content (AvgIpc) is 3.09. The zero-order valence-electron chi connectivity index (χ0n) is 15.9. The Morgan fingerprint density at radius 3 is 2.38 bits per heavy atom. The van der Waals surface area contributed by atoms with Crippen LogP contribution in [0.15, 0.2) is 79.0 Å². The molecular weight excluding hydrogens is 367 g/mol. The highest BCUT2D eigenvalue weighted by molar-refractivity contribution is 6.48. The monoisotopic (exact) mass is 386 g/mol. The molecular formula is C24H19FN2O2. The van der Waals surface area contributed by atoms with Gasteiger partial charge in [-0.05, 0) is 42.3 Å². The van der Waals surface area contributed by atoms with Gasteiger partial charge < -0.3 is 9.88 Å². The lowest BCUT2D eigenvalue weighted by molar-refractivity contribution is -0.112. The van der Waals surface area contributed by atoms with E-state index in [4.69, 9.17) is 0 Å². The van der Waals surface area contributed by atoms with E-state index in [2.05, 4.69) is 5.32 Å². The van der Waals surface area contributed by atoms with Gasteiger partial charge >= 0.3 is 0 Å². The Labute approximate surface area is 167 Å². The van der Waals surface area contributed by atoms with Crippen molar-refractivity contribution in [2.75, 3.05) is 5.32 Å². The van der Waals surface area contributed by atoms with Gasteiger partial charge in [0.15, 0.2) is 0 Å². The van der Waals surface area contributed by atoms with Gasteiger partial charge in [0.2, 0.25) is 0 Å². The summed E-state index contributed by atoms with van der Waals surface area (Å²) in [5.41, 5.74) is 3.57. The van der Waals surface area contributed by atoms with Gasteiger partial charge in [0.25, 0.3) is 11.7 Å². The molecule has 0 aliphatic rings. The molecule has 29 heavy (non-hydrogen) atoms. The fourth-order valence-electron chi connectivity index (χ4n) is 3.36. The van der Waals surface area contributed by atoms with Gasteiger partial charge in [-0.15, -0.1) is 0 Å². The number of aryl methyl sites for hydroxylation is 1. The number of Topliss-reactive ketones (excluding diaryl/α,β-unsaturated/α-hetero) is 1. The third kappa shape index (κ3) is 3.80. The van der Waals surface area contributed by atoms with E-state index in [1.165, 1.54) is 12.1 Å². The first-order valence-electron chi connectivity index (χ1n) is 9.26. The number of nitrogens with one attached hydrogen (secondary N) is 1. The molecule has 4 nitrogen and oxygen atoms in total. The maximum Gasteiger partial charge on any atom is 0.296 e. The van der Waals surface area contributed by atoms with Crippen molar-refractivity contribution in [3.8, 4) is 0 Å². The lowest BCUT2D eigenvalue weighted by Crippen LogP contribution is -2.23. The number of carbonyl (C=O) groups excluding carboxylic acids is 2. The lowest BCUT2D eigenvalue weighted by atomic mass is 10.1. The van der Waals surface area contributed by atoms with E-state index in [0.717, 1.165) is 16.6 Å². The Hall–Kier alpha value is -3.73. The van der Waals surface area contributed by atoms with Crippen molar-refractivity contribution < 1.29 is 14.0 Å². The Kier molecular flexibility index (Phi) is 4.96. The van der Waals surface area contributed by atoms with E-state index < -0.39 is 11.7 Å². The quantitative estimate of drug-likeness (QED) is 0.389. The Balaban J connectivity index is 1.66. The summed E-state index contributed by atoms with van der Waals surface area (Å²) in [5, 5.41) is 3.41. The second-order valence-corrected chi connectivity index (χ2v) is 6.91. The first-order valence-corrected chi connectivity index (χ1v) is 9.26. The van der Waals surface area contributed by atoms with Crippen LogP contribution >= 0.6 is 0 Å². The number of halogens is 1. The van der Waals surface area contributed by atoms with Crippen LogP contribution in [0.1, 0.15) is 21.5 Å². The van der Waals surface area contributed by atoms with Gasteiger partial charge in [-0.3, -0.25) is 9.59 Å². The minimum Gasteiger partial charge on any atom is -0.342 e. The third-order valence-electron chi connectivity index (χ3n) is 4.90. The highest BCUT2D eigenvalue weighted by atomic mass is 19.1. The van der Waals surface area contributed by atoms with Crippen LogP contribution in [0, 0.1) is 12.7 Å². The summed E-state index contributed by atoms with van der Waals surface area (Å²) in [4.78, 5) is 25.5. The van der Waals surface area contributed by atoms with Crippen LogP contribution < -0.4 is 5.32 Å². The first-order chi connectivity index (χ1) is 14.0. The molecule has 1 aromatic heterocycles. The number of hydrogen-bond acceptors (Lipinski definition) is 2. The fourth-order valence-corrected chi connectivity index (χ4v) is 3.36. The van der Waals surface area contributed by atoms with Gasteiger partial charge in [0.05, 0.1) is 5.56 Å². The molecule has 0 radical (unpaired) electrons. The lowest BCUT2D eigenvalue weighted by Gasteiger charge is -2.07. The second kappa shape index (κ2) is 7.72. The number of ketones is 1. The van der Waals surface area contributed by atoms with E-state index in [1.807, 2.05) is 54.0 Å². The number of fused-ring (bicyclic) bond motifs is 1. The maximum atomic E-state index is 13.2. The number of amides is 1. The minimum atomic E-state index is -0.677. The summed E-state index contributed by atoms with van der Waals surface area (Å²) in [6.07, 6.45) is 1.69. The normalized spacial score (nSPS) is 10.8. The first kappa shape index (κ1) is 18.6. The molecule has 4 rings (SSSR count). The Morgan fingerprint density at radius 2 is 1.62 bits per heavy atom. The molecule has 0 bridgehead atoms. The van der Waals surface area contributed by atoms with Gasteiger partial charge in [0.1, 0.15) is 5.82 Å². The number of rotatable bonds is 5. The van der Waals surface area contributed by atoms with Crippen LogP contribution in [0.3, 0.4) is 0 Å². The molecule has 5 heteroatoms. The van der Waals surface area contributed by atoms with Crippen molar-refractivity contribution in [3.63, 3.8) is 0 Å². The standard InChI is InChI=1S/C24H19FN2O2/c1-16-6-2-4-8-21(16)26-24(29)23(28)20-15-27(22-9-5-3-7-19(20)22)14-17-10-12-18(25)13-11-17/h2-13,15H,14H2,1H3,(H,26,29). The summed E-state index contributed by atoms with van der Waals surface area (Å²) in [5.74, 6) is -1.57. The summed E-state index contributed by atoms with van der Waals surface area (Å²) in [6.45, 7) is 2.34. The molecule has 3 aromatic carbocycles. The van der Waals surface area contributed by atoms with Crippen LogP contribution in [0.4, 0.5) is 10.1 Å². The van der Waals surface area contributed by atoms with Gasteiger partial charge in [0, 0.05) is 29.3 Å². The molecule has 0 fully saturated rings. The number of hydrogen-bond donors (Lipinski definition) is 1. The van der Waals surface area contributed by atoms with E-state index in [0.29, 0.717) is 23.2 Å². The Bertz CT molecular complexity index is 1210. The minimum absolute atomic E-state index is 0.296. The van der Waals surface area contributed by atoms with Crippen molar-refractivity contribution in [1.29, 1.82) is 0 Å². The zero-order valence-corrected chi connectivity index (χ0v) is 15.9. The average molecular weight is 386 g/mol. The topological polar surface area (TPSA) is 51.1 Å². The van der Waals surface area contributed by atoms with E-state index in [-0.39, 0.29) is 5.82 Å². The largest absolute Gasteiger partial charge is 0.342 e. The van der Waals surface area contributed by atoms with Crippen molar-refractivity contribution in [3.05, 3.63) is 102 Å². The van der Waals surface area contributed by atoms with Gasteiger partial charge in [-0.25, -0.2) is 4.39 Å². The van der Waals surface area contributed by atoms with E-state index >= 15 is 0 Å². The van der Waals surface area contributed by atoms with Crippen LogP contribution in [0.2, 0.25) is 0 Å². The molecule has 0 saturated heterocycles. The fraction of sp³-hybridized carbons (Fsp3) is 0.0833. The van der Waals surface area contributed by atoms with Crippen molar-refractivity contribution in [1.82, 2.24) is 4.57 Å². The number of nitrogens with zero attached hydrogens (tertiary/aromatic N) is 1. The number of carbonyl (C=O) groups is 2. The molecule has 0 atom stereocenters. The molecule has 0 saturated carbocycles. The summed E-state index contributed by atoms with van der Waals surface area (Å²) in [7, 11) is 0. The van der Waals surface area contributed by atoms with Crippen LogP contribution in [-0.2, 0) is 11.3 Å². The smallest absolute Gasteiger partial charge is 0.296 e. The van der Waals surface area contributed by atoms with Crippen LogP contribution in [-0.4, -0.2) is 16.3 Å². The van der Waals surface area contributed by atoms with E-state index in [9.17, 15) is 14.0 Å². The molecule has 1 heterocycles. The number of aromatic nitrogens is 1. The molecule has 0 spiro atoms. The molecule has 0 unspecified atom stereocenters. The van der Waals surface area contributed by atoms with Crippen molar-refractivity contribution >= 4 is 28.3 Å². The summed E-state index contributed by atoms with van der Waals surface area (Å²) < 4.78 is 15.1. The van der Waals surface area contributed by atoms with Crippen molar-refractivity contribution in [2.24, 2.45) is 0 Å². The van der Waals surface area contributed by atoms with Crippen LogP contribution in [0.25, 0.3) is 10.9 Å². The van der Waals surface area contributed by atoms with Crippen molar-refractivity contribution in [2.45, 2.75) is 13.5 Å². The Morgan fingerprint density at radius 1 is 0.931 bits per heavy atom. The molecule has 0 aliphatic carbocycles. The highest BCUT2D eigenvalue weighted by Crippen LogP contribution is 2.24. The third-order valence-corrected chi connectivity index (χ3v) is 4.90. The summed E-state index contributed by atoms with van der Waals surface area (Å²) >= 11 is 0. The van der Waals surface area contributed by atoms with Gasteiger partial charge in [-0.2, -0.15) is 0 Å². The maximum absolute atomic E-state index is 13.2. The number of para-hydroxylation sites is 2. The molecule has 1 N–H and O–H groups in total. The zero-order chi connectivity index (χ0) is 20.4. The van der Waals surface area contributed by atoms with Crippen LogP contribution in [0.5, 0.6) is 0 Å².